The molecule has 0 aliphatic heterocycles. The summed E-state index contributed by atoms with van der Waals surface area (Å²) in [6.07, 6.45) is 1.61. The molecule has 6 heteroatoms. The van der Waals surface area contributed by atoms with E-state index in [1.165, 1.54) is 4.31 Å². The Balaban J connectivity index is 4.08. The second-order valence-corrected chi connectivity index (χ2v) is 5.52. The molecule has 92 valence electrons. The summed E-state index contributed by atoms with van der Waals surface area (Å²) in [6.45, 7) is 5.17. The highest BCUT2D eigenvalue weighted by Gasteiger charge is 2.18. The van der Waals surface area contributed by atoms with Crippen LogP contribution >= 0.6 is 0 Å². The molecule has 0 aromatic heterocycles. The summed E-state index contributed by atoms with van der Waals surface area (Å²) < 4.78 is 27.3. The fourth-order valence-electron chi connectivity index (χ4n) is 1.03. The van der Waals surface area contributed by atoms with Gasteiger partial charge in [0.1, 0.15) is 0 Å². The minimum Gasteiger partial charge on any atom is -0.320 e. The van der Waals surface area contributed by atoms with Gasteiger partial charge in [0.15, 0.2) is 0 Å². The Hall–Kier alpha value is -0.170. The Morgan fingerprint density at radius 1 is 1.40 bits per heavy atom. The first kappa shape index (κ1) is 14.8. The molecule has 15 heavy (non-hydrogen) atoms. The number of hydrogen-bond acceptors (Lipinski definition) is 3. The average molecular weight is 237 g/mol. The van der Waals surface area contributed by atoms with Gasteiger partial charge >= 0.3 is 0 Å². The van der Waals surface area contributed by atoms with Gasteiger partial charge in [-0.25, -0.2) is 0 Å². The van der Waals surface area contributed by atoms with Gasteiger partial charge in [-0.2, -0.15) is 17.4 Å². The second kappa shape index (κ2) is 7.16. The van der Waals surface area contributed by atoms with E-state index in [-0.39, 0.29) is 6.04 Å². The van der Waals surface area contributed by atoms with E-state index in [0.29, 0.717) is 6.54 Å². The molecule has 0 fully saturated rings. The van der Waals surface area contributed by atoms with E-state index in [2.05, 4.69) is 10.0 Å². The lowest BCUT2D eigenvalue weighted by Gasteiger charge is -2.20. The van der Waals surface area contributed by atoms with Crippen molar-refractivity contribution in [3.05, 3.63) is 0 Å². The Bertz CT molecular complexity index is 254. The maximum Gasteiger partial charge on any atom is 0.279 e. The van der Waals surface area contributed by atoms with Crippen LogP contribution in [0.2, 0.25) is 0 Å². The van der Waals surface area contributed by atoms with E-state index in [1.807, 2.05) is 20.9 Å². The summed E-state index contributed by atoms with van der Waals surface area (Å²) in [7, 11) is 0.154. The lowest BCUT2D eigenvalue weighted by atomic mass is 10.3. The molecule has 0 rings (SSSR count). The lowest BCUT2D eigenvalue weighted by Crippen LogP contribution is -2.43. The third-order valence-corrected chi connectivity index (χ3v) is 3.98. The van der Waals surface area contributed by atoms with Gasteiger partial charge in [0.05, 0.1) is 0 Å². The van der Waals surface area contributed by atoms with Crippen molar-refractivity contribution in [3.63, 3.8) is 0 Å². The van der Waals surface area contributed by atoms with Crippen molar-refractivity contribution in [2.24, 2.45) is 0 Å². The second-order valence-electron chi connectivity index (χ2n) is 3.71. The van der Waals surface area contributed by atoms with Crippen LogP contribution in [0.25, 0.3) is 0 Å². The molecule has 0 aliphatic rings. The summed E-state index contributed by atoms with van der Waals surface area (Å²) in [5, 5.41) is 2.98. The zero-order chi connectivity index (χ0) is 11.9. The maximum absolute atomic E-state index is 11.7. The van der Waals surface area contributed by atoms with Gasteiger partial charge in [0.2, 0.25) is 0 Å². The molecular weight excluding hydrogens is 214 g/mol. The topological polar surface area (TPSA) is 61.4 Å². The average Bonchev–Trinajstić information content (AvgIpc) is 2.17. The highest BCUT2D eigenvalue weighted by Crippen LogP contribution is 1.99. The van der Waals surface area contributed by atoms with Crippen molar-refractivity contribution in [2.45, 2.75) is 32.7 Å². The fraction of sp³-hybridized carbons (Fsp3) is 1.00. The molecule has 0 bridgehead atoms. The van der Waals surface area contributed by atoms with Crippen LogP contribution < -0.4 is 10.0 Å². The van der Waals surface area contributed by atoms with Crippen molar-refractivity contribution in [3.8, 4) is 0 Å². The van der Waals surface area contributed by atoms with E-state index in [0.717, 1.165) is 19.4 Å². The molecule has 0 spiro atoms. The van der Waals surface area contributed by atoms with Crippen LogP contribution in [0.5, 0.6) is 0 Å². The van der Waals surface area contributed by atoms with Gasteiger partial charge in [-0.05, 0) is 33.4 Å². The van der Waals surface area contributed by atoms with E-state index < -0.39 is 10.2 Å². The zero-order valence-electron chi connectivity index (χ0n) is 10.1. The third kappa shape index (κ3) is 6.09. The van der Waals surface area contributed by atoms with Crippen LogP contribution in [0.1, 0.15) is 26.7 Å². The predicted molar refractivity (Wildman–Crippen MR) is 63.0 cm³/mol. The molecule has 0 heterocycles. The summed E-state index contributed by atoms with van der Waals surface area (Å²) >= 11 is 0. The molecule has 2 N–H and O–H groups in total. The molecule has 0 amide bonds. The van der Waals surface area contributed by atoms with E-state index in [9.17, 15) is 8.42 Å². The highest BCUT2D eigenvalue weighted by molar-refractivity contribution is 7.87. The highest BCUT2D eigenvalue weighted by atomic mass is 32.2. The predicted octanol–water partition coefficient (Wildman–Crippen LogP) is 0.161. The molecule has 5 nitrogen and oxygen atoms in total. The first-order valence-corrected chi connectivity index (χ1v) is 6.76. The van der Waals surface area contributed by atoms with Gasteiger partial charge in [0.25, 0.3) is 10.2 Å². The Labute approximate surface area is 93.4 Å². The van der Waals surface area contributed by atoms with Crippen LogP contribution in [-0.4, -0.2) is 45.9 Å². The van der Waals surface area contributed by atoms with Crippen LogP contribution in [0.15, 0.2) is 0 Å². The van der Waals surface area contributed by atoms with Crippen LogP contribution in [0, 0.1) is 0 Å². The van der Waals surface area contributed by atoms with Crippen LogP contribution in [-0.2, 0) is 10.2 Å². The van der Waals surface area contributed by atoms with Gasteiger partial charge in [-0.15, -0.1) is 0 Å². The third-order valence-electron chi connectivity index (χ3n) is 2.27. The summed E-state index contributed by atoms with van der Waals surface area (Å²) in [6, 6.07) is -0.0123. The lowest BCUT2D eigenvalue weighted by molar-refractivity contribution is 0.439. The minimum atomic E-state index is -3.30. The monoisotopic (exact) mass is 237 g/mol. The van der Waals surface area contributed by atoms with Crippen molar-refractivity contribution >= 4 is 10.2 Å². The summed E-state index contributed by atoms with van der Waals surface area (Å²) in [5.74, 6) is 0. The summed E-state index contributed by atoms with van der Waals surface area (Å²) in [4.78, 5) is 0. The molecule has 0 aromatic carbocycles. The van der Waals surface area contributed by atoms with Crippen molar-refractivity contribution in [1.82, 2.24) is 14.3 Å². The fourth-order valence-corrected chi connectivity index (χ4v) is 2.25. The molecule has 0 saturated carbocycles. The molecule has 1 atom stereocenters. The molecule has 0 aliphatic carbocycles. The van der Waals surface area contributed by atoms with Gasteiger partial charge in [-0.1, -0.05) is 6.92 Å². The maximum atomic E-state index is 11.7. The van der Waals surface area contributed by atoms with Crippen LogP contribution in [0.3, 0.4) is 0 Å². The SMILES string of the molecule is CCC(C)NS(=O)(=O)N(C)CCCNC. The van der Waals surface area contributed by atoms with Crippen molar-refractivity contribution in [2.75, 3.05) is 27.2 Å². The first-order chi connectivity index (χ1) is 6.94. The van der Waals surface area contributed by atoms with Gasteiger partial charge in [-0.3, -0.25) is 0 Å². The zero-order valence-corrected chi connectivity index (χ0v) is 10.9. The molecule has 0 aromatic rings. The number of nitrogens with one attached hydrogen (secondary N) is 2. The normalized spacial score (nSPS) is 14.5. The minimum absolute atomic E-state index is 0.0123. The summed E-state index contributed by atoms with van der Waals surface area (Å²) in [5.41, 5.74) is 0. The van der Waals surface area contributed by atoms with Gasteiger partial charge in [0, 0.05) is 19.6 Å². The standard InChI is InChI=1S/C9H23N3O2S/c1-5-9(2)11-15(13,14)12(4)8-6-7-10-3/h9-11H,5-8H2,1-4H3. The quantitative estimate of drug-likeness (QED) is 0.591. The van der Waals surface area contributed by atoms with E-state index in [4.69, 9.17) is 0 Å². The van der Waals surface area contributed by atoms with E-state index >= 15 is 0 Å². The number of hydrogen-bond donors (Lipinski definition) is 2. The largest absolute Gasteiger partial charge is 0.320 e. The first-order valence-electron chi connectivity index (χ1n) is 5.32. The van der Waals surface area contributed by atoms with Crippen molar-refractivity contribution < 1.29 is 8.42 Å². The van der Waals surface area contributed by atoms with Gasteiger partial charge < -0.3 is 5.32 Å². The molecular formula is C9H23N3O2S. The molecule has 1 unspecified atom stereocenters. The molecule has 0 radical (unpaired) electrons. The Kier molecular flexibility index (Phi) is 7.08. The van der Waals surface area contributed by atoms with Crippen molar-refractivity contribution in [1.29, 1.82) is 0 Å². The molecule has 0 saturated heterocycles. The Morgan fingerprint density at radius 2 is 2.00 bits per heavy atom. The smallest absolute Gasteiger partial charge is 0.279 e. The van der Waals surface area contributed by atoms with Crippen LogP contribution in [0.4, 0.5) is 0 Å². The number of rotatable bonds is 8. The number of nitrogens with zero attached hydrogens (tertiary/aromatic N) is 1. The van der Waals surface area contributed by atoms with E-state index in [1.54, 1.807) is 7.05 Å². The Morgan fingerprint density at radius 3 is 2.47 bits per heavy atom.